The van der Waals surface area contributed by atoms with Crippen LogP contribution in [0.4, 0.5) is 0 Å². The van der Waals surface area contributed by atoms with Gasteiger partial charge in [-0.3, -0.25) is 4.79 Å². The molecule has 0 aliphatic heterocycles. The van der Waals surface area contributed by atoms with Crippen molar-refractivity contribution in [1.82, 2.24) is 29.9 Å². The number of rotatable bonds is 6. The van der Waals surface area contributed by atoms with E-state index < -0.39 is 0 Å². The molecule has 0 saturated carbocycles. The van der Waals surface area contributed by atoms with E-state index in [-0.39, 0.29) is 5.56 Å². The van der Waals surface area contributed by atoms with E-state index >= 15 is 0 Å². The van der Waals surface area contributed by atoms with Gasteiger partial charge < -0.3 is 14.1 Å². The number of aromatic nitrogens is 6. The summed E-state index contributed by atoms with van der Waals surface area (Å²) in [6.45, 7) is 2.03. The maximum absolute atomic E-state index is 11.5. The molecule has 8 nitrogen and oxygen atoms in total. The molecule has 0 fully saturated rings. The number of hydrogen-bond acceptors (Lipinski definition) is 7. The maximum Gasteiger partial charge on any atom is 0.257 e. The molecule has 3 heterocycles. The quantitative estimate of drug-likeness (QED) is 0.502. The zero-order chi connectivity index (χ0) is 19.5. The van der Waals surface area contributed by atoms with Gasteiger partial charge in [-0.1, -0.05) is 34.6 Å². The van der Waals surface area contributed by atoms with Crippen LogP contribution in [0.2, 0.25) is 0 Å². The summed E-state index contributed by atoms with van der Waals surface area (Å²) in [5.41, 5.74) is 2.62. The Bertz CT molecular complexity index is 1160. The molecule has 3 aromatic heterocycles. The fourth-order valence-corrected chi connectivity index (χ4v) is 3.61. The van der Waals surface area contributed by atoms with Gasteiger partial charge in [-0.15, -0.1) is 10.2 Å². The largest absolute Gasteiger partial charge is 0.334 e. The van der Waals surface area contributed by atoms with Gasteiger partial charge in [-0.2, -0.15) is 4.98 Å². The van der Waals surface area contributed by atoms with Crippen LogP contribution in [0.15, 0.2) is 57.1 Å². The predicted molar refractivity (Wildman–Crippen MR) is 106 cm³/mol. The number of nitrogens with one attached hydrogen (secondary N) is 1. The summed E-state index contributed by atoms with van der Waals surface area (Å²) < 4.78 is 7.24. The predicted octanol–water partition coefficient (Wildman–Crippen LogP) is 2.86. The normalized spacial score (nSPS) is 11.1. The number of benzene rings is 1. The summed E-state index contributed by atoms with van der Waals surface area (Å²) in [5, 5.41) is 13.2. The fourth-order valence-electron chi connectivity index (χ4n) is 2.76. The lowest BCUT2D eigenvalue weighted by molar-refractivity contribution is 0.423. The van der Waals surface area contributed by atoms with E-state index in [1.54, 1.807) is 24.0 Å². The van der Waals surface area contributed by atoms with Crippen molar-refractivity contribution in [3.63, 3.8) is 0 Å². The molecule has 1 aromatic carbocycles. The minimum absolute atomic E-state index is 0.170. The lowest BCUT2D eigenvalue weighted by Crippen LogP contribution is -2.04. The minimum atomic E-state index is -0.170. The van der Waals surface area contributed by atoms with Crippen molar-refractivity contribution in [3.05, 3.63) is 64.3 Å². The van der Waals surface area contributed by atoms with Crippen LogP contribution in [0.3, 0.4) is 0 Å². The molecule has 0 amide bonds. The Balaban J connectivity index is 1.40. The van der Waals surface area contributed by atoms with Gasteiger partial charge in [0.1, 0.15) is 0 Å². The van der Waals surface area contributed by atoms with Gasteiger partial charge in [0.25, 0.3) is 5.89 Å². The first kappa shape index (κ1) is 18.2. The van der Waals surface area contributed by atoms with Gasteiger partial charge in [0.2, 0.25) is 5.56 Å². The molecule has 0 spiro atoms. The Morgan fingerprint density at radius 3 is 2.89 bits per heavy atom. The van der Waals surface area contributed by atoms with Crippen LogP contribution in [0, 0.1) is 6.92 Å². The first-order chi connectivity index (χ1) is 13.6. The SMILES string of the molecule is Cc1cccc(-c2nc(CCSc3nnc(-c4cc[nH]c(=O)c4)n3C)no2)c1. The van der Waals surface area contributed by atoms with Gasteiger partial charge in [-0.05, 0) is 25.1 Å². The van der Waals surface area contributed by atoms with Crippen molar-refractivity contribution < 1.29 is 4.52 Å². The number of H-pyrrole nitrogens is 1. The highest BCUT2D eigenvalue weighted by molar-refractivity contribution is 7.99. The lowest BCUT2D eigenvalue weighted by atomic mass is 10.1. The fraction of sp³-hybridized carbons (Fsp3) is 0.211. The summed E-state index contributed by atoms with van der Waals surface area (Å²) in [6, 6.07) is 11.3. The monoisotopic (exact) mass is 394 g/mol. The molecule has 142 valence electrons. The van der Waals surface area contributed by atoms with Crippen LogP contribution in [0.25, 0.3) is 22.8 Å². The van der Waals surface area contributed by atoms with Gasteiger partial charge in [0, 0.05) is 42.6 Å². The number of pyridine rings is 1. The average Bonchev–Trinajstić information content (AvgIpc) is 3.29. The third-order valence-corrected chi connectivity index (χ3v) is 5.18. The lowest BCUT2D eigenvalue weighted by Gasteiger charge is -2.02. The first-order valence-corrected chi connectivity index (χ1v) is 9.69. The molecule has 0 aliphatic rings. The van der Waals surface area contributed by atoms with E-state index in [0.29, 0.717) is 24.0 Å². The van der Waals surface area contributed by atoms with Crippen LogP contribution in [-0.4, -0.2) is 35.6 Å². The van der Waals surface area contributed by atoms with E-state index in [1.807, 2.05) is 42.8 Å². The summed E-state index contributed by atoms with van der Waals surface area (Å²) >= 11 is 1.55. The van der Waals surface area contributed by atoms with E-state index in [4.69, 9.17) is 4.52 Å². The highest BCUT2D eigenvalue weighted by Crippen LogP contribution is 2.23. The van der Waals surface area contributed by atoms with Crippen LogP contribution in [0.5, 0.6) is 0 Å². The zero-order valence-corrected chi connectivity index (χ0v) is 16.2. The first-order valence-electron chi connectivity index (χ1n) is 8.71. The highest BCUT2D eigenvalue weighted by atomic mass is 32.2. The third-order valence-electron chi connectivity index (χ3n) is 4.16. The van der Waals surface area contributed by atoms with Crippen molar-refractivity contribution in [2.75, 3.05) is 5.75 Å². The molecular weight excluding hydrogens is 376 g/mol. The number of aromatic amines is 1. The maximum atomic E-state index is 11.5. The molecule has 4 rings (SSSR count). The van der Waals surface area contributed by atoms with Gasteiger partial charge in [0.15, 0.2) is 16.8 Å². The Morgan fingerprint density at radius 1 is 1.18 bits per heavy atom. The Labute approximate surface area is 165 Å². The standard InChI is InChI=1S/C19H18N6O2S/c1-12-4-3-5-14(10-12)18-21-15(24-27-18)7-9-28-19-23-22-17(25(19)2)13-6-8-20-16(26)11-13/h3-6,8,10-11H,7,9H2,1-2H3,(H,20,26). The molecule has 0 radical (unpaired) electrons. The summed E-state index contributed by atoms with van der Waals surface area (Å²) in [7, 11) is 1.88. The molecule has 0 atom stereocenters. The van der Waals surface area contributed by atoms with E-state index in [2.05, 4.69) is 25.3 Å². The average molecular weight is 394 g/mol. The second-order valence-electron chi connectivity index (χ2n) is 6.29. The molecule has 0 aliphatic carbocycles. The van der Waals surface area contributed by atoms with Crippen LogP contribution >= 0.6 is 11.8 Å². The van der Waals surface area contributed by atoms with Crippen molar-refractivity contribution >= 4 is 11.8 Å². The van der Waals surface area contributed by atoms with Gasteiger partial charge in [-0.25, -0.2) is 0 Å². The van der Waals surface area contributed by atoms with Crippen molar-refractivity contribution in [2.45, 2.75) is 18.5 Å². The second kappa shape index (κ2) is 7.81. The number of nitrogens with zero attached hydrogens (tertiary/aromatic N) is 5. The molecule has 1 N–H and O–H groups in total. The van der Waals surface area contributed by atoms with Crippen molar-refractivity contribution in [3.8, 4) is 22.8 Å². The number of aryl methyl sites for hydroxylation is 2. The van der Waals surface area contributed by atoms with Crippen LogP contribution in [0.1, 0.15) is 11.4 Å². The summed E-state index contributed by atoms with van der Waals surface area (Å²) in [5.74, 6) is 2.56. The summed E-state index contributed by atoms with van der Waals surface area (Å²) in [6.07, 6.45) is 2.24. The molecule has 0 bridgehead atoms. The second-order valence-corrected chi connectivity index (χ2v) is 7.35. The van der Waals surface area contributed by atoms with E-state index in [1.165, 1.54) is 6.07 Å². The number of thioether (sulfide) groups is 1. The Kier molecular flexibility index (Phi) is 5.07. The zero-order valence-electron chi connectivity index (χ0n) is 15.4. The molecule has 9 heteroatoms. The smallest absolute Gasteiger partial charge is 0.257 e. The molecule has 4 aromatic rings. The van der Waals surface area contributed by atoms with Gasteiger partial charge in [0.05, 0.1) is 0 Å². The Morgan fingerprint density at radius 2 is 2.07 bits per heavy atom. The van der Waals surface area contributed by atoms with Crippen molar-refractivity contribution in [1.29, 1.82) is 0 Å². The highest BCUT2D eigenvalue weighted by Gasteiger charge is 2.13. The van der Waals surface area contributed by atoms with Crippen molar-refractivity contribution in [2.24, 2.45) is 7.05 Å². The summed E-state index contributed by atoms with van der Waals surface area (Å²) in [4.78, 5) is 18.6. The van der Waals surface area contributed by atoms with Crippen LogP contribution < -0.4 is 5.56 Å². The molecular formula is C19H18N6O2S. The molecule has 0 unspecified atom stereocenters. The van der Waals surface area contributed by atoms with E-state index in [9.17, 15) is 4.79 Å². The molecule has 0 saturated heterocycles. The van der Waals surface area contributed by atoms with Gasteiger partial charge >= 0.3 is 0 Å². The minimum Gasteiger partial charge on any atom is -0.334 e. The molecule has 28 heavy (non-hydrogen) atoms. The van der Waals surface area contributed by atoms with Crippen LogP contribution in [-0.2, 0) is 13.5 Å². The Hall–Kier alpha value is -3.20. The third kappa shape index (κ3) is 3.89. The number of hydrogen-bond donors (Lipinski definition) is 1. The topological polar surface area (TPSA) is 102 Å². The van der Waals surface area contributed by atoms with E-state index in [0.717, 1.165) is 27.6 Å².